The van der Waals surface area contributed by atoms with Crippen LogP contribution in [0.25, 0.3) is 0 Å². The lowest BCUT2D eigenvalue weighted by molar-refractivity contribution is 0.575. The zero-order chi connectivity index (χ0) is 13.9. The van der Waals surface area contributed by atoms with Crippen LogP contribution < -0.4 is 10.6 Å². The lowest BCUT2D eigenvalue weighted by atomic mass is 10.1. The Labute approximate surface area is 125 Å². The van der Waals surface area contributed by atoms with Crippen LogP contribution in [0.3, 0.4) is 0 Å². The second-order valence-corrected chi connectivity index (χ2v) is 5.72. The zero-order valence-corrected chi connectivity index (χ0v) is 12.4. The van der Waals surface area contributed by atoms with Gasteiger partial charge in [-0.05, 0) is 42.2 Å². The molecule has 0 bridgehead atoms. The molecule has 0 fully saturated rings. The van der Waals surface area contributed by atoms with Gasteiger partial charge in [-0.15, -0.1) is 0 Å². The third kappa shape index (κ3) is 2.82. The molecule has 0 unspecified atom stereocenters. The summed E-state index contributed by atoms with van der Waals surface area (Å²) in [6, 6.07) is 14.9. The van der Waals surface area contributed by atoms with E-state index in [1.807, 2.05) is 12.1 Å². The maximum Gasteiger partial charge on any atom is 0.0419 e. The maximum absolute atomic E-state index is 5.92. The molecule has 3 heteroatoms. The van der Waals surface area contributed by atoms with Gasteiger partial charge < -0.3 is 10.6 Å². The van der Waals surface area contributed by atoms with E-state index in [9.17, 15) is 0 Å². The number of hydrogen-bond acceptors (Lipinski definition) is 2. The average molecular weight is 287 g/mol. The summed E-state index contributed by atoms with van der Waals surface area (Å²) in [5.41, 5.74) is 5.36. The van der Waals surface area contributed by atoms with E-state index in [4.69, 9.17) is 11.6 Å². The summed E-state index contributed by atoms with van der Waals surface area (Å²) in [5, 5.41) is 7.85. The summed E-state index contributed by atoms with van der Waals surface area (Å²) in [5.74, 6) is 0. The van der Waals surface area contributed by atoms with E-state index in [1.165, 1.54) is 22.4 Å². The Morgan fingerprint density at radius 2 is 2.00 bits per heavy atom. The molecule has 1 atom stereocenters. The van der Waals surface area contributed by atoms with Crippen molar-refractivity contribution in [3.8, 4) is 0 Å². The van der Waals surface area contributed by atoms with E-state index in [2.05, 4.69) is 47.9 Å². The predicted octanol–water partition coefficient (Wildman–Crippen LogP) is 4.16. The molecule has 0 spiro atoms. The summed E-state index contributed by atoms with van der Waals surface area (Å²) >= 11 is 5.92. The van der Waals surface area contributed by atoms with Crippen LogP contribution in [0.5, 0.6) is 0 Å². The van der Waals surface area contributed by atoms with Crippen molar-refractivity contribution in [2.45, 2.75) is 25.9 Å². The van der Waals surface area contributed by atoms with Crippen LogP contribution in [0.1, 0.15) is 29.7 Å². The van der Waals surface area contributed by atoms with Crippen molar-refractivity contribution < 1.29 is 0 Å². The van der Waals surface area contributed by atoms with Crippen LogP contribution in [-0.2, 0) is 13.0 Å². The normalized spacial score (nSPS) is 14.7. The van der Waals surface area contributed by atoms with Crippen molar-refractivity contribution in [1.82, 2.24) is 5.32 Å². The van der Waals surface area contributed by atoms with Crippen molar-refractivity contribution in [2.24, 2.45) is 0 Å². The molecular weight excluding hydrogens is 268 g/mol. The summed E-state index contributed by atoms with van der Waals surface area (Å²) < 4.78 is 0. The molecule has 3 rings (SSSR count). The Morgan fingerprint density at radius 1 is 1.20 bits per heavy atom. The molecule has 2 N–H and O–H groups in total. The van der Waals surface area contributed by atoms with E-state index in [1.54, 1.807) is 0 Å². The molecule has 0 radical (unpaired) electrons. The zero-order valence-electron chi connectivity index (χ0n) is 11.6. The number of hydrogen-bond donors (Lipinski definition) is 2. The van der Waals surface area contributed by atoms with E-state index < -0.39 is 0 Å². The van der Waals surface area contributed by atoms with E-state index in [0.717, 1.165) is 24.5 Å². The third-order valence-electron chi connectivity index (χ3n) is 3.90. The minimum Gasteiger partial charge on any atom is -0.384 e. The molecule has 0 aliphatic carbocycles. The van der Waals surface area contributed by atoms with Gasteiger partial charge in [-0.3, -0.25) is 0 Å². The lowest BCUT2D eigenvalue weighted by Crippen LogP contribution is -2.18. The molecule has 0 saturated carbocycles. The van der Waals surface area contributed by atoms with Crippen molar-refractivity contribution >= 4 is 17.3 Å². The summed E-state index contributed by atoms with van der Waals surface area (Å²) in [4.78, 5) is 0. The number of benzene rings is 2. The molecule has 2 aromatic carbocycles. The summed E-state index contributed by atoms with van der Waals surface area (Å²) in [7, 11) is 0. The highest BCUT2D eigenvalue weighted by Crippen LogP contribution is 2.27. The van der Waals surface area contributed by atoms with Crippen molar-refractivity contribution in [3.05, 3.63) is 64.2 Å². The van der Waals surface area contributed by atoms with Crippen LogP contribution in [-0.4, -0.2) is 6.54 Å². The first kappa shape index (κ1) is 13.5. The molecule has 0 saturated heterocycles. The fraction of sp³-hybridized carbons (Fsp3) is 0.294. The van der Waals surface area contributed by atoms with Crippen molar-refractivity contribution in [2.75, 3.05) is 11.9 Å². The SMILES string of the molecule is C[C@H](NCc1cccc2c1NCC2)c1ccc(Cl)cc1. The number of rotatable bonds is 4. The smallest absolute Gasteiger partial charge is 0.0419 e. The minimum absolute atomic E-state index is 0.310. The van der Waals surface area contributed by atoms with Gasteiger partial charge in [0.2, 0.25) is 0 Å². The first-order valence-electron chi connectivity index (χ1n) is 7.07. The van der Waals surface area contributed by atoms with Gasteiger partial charge >= 0.3 is 0 Å². The minimum atomic E-state index is 0.310. The van der Waals surface area contributed by atoms with Gasteiger partial charge in [0.15, 0.2) is 0 Å². The Bertz CT molecular complexity index is 592. The fourth-order valence-electron chi connectivity index (χ4n) is 2.69. The Hall–Kier alpha value is -1.51. The summed E-state index contributed by atoms with van der Waals surface area (Å²) in [6.07, 6.45) is 1.13. The van der Waals surface area contributed by atoms with Crippen LogP contribution in [0.15, 0.2) is 42.5 Å². The van der Waals surface area contributed by atoms with Crippen LogP contribution in [0.2, 0.25) is 5.02 Å². The van der Waals surface area contributed by atoms with Gasteiger partial charge in [0.1, 0.15) is 0 Å². The lowest BCUT2D eigenvalue weighted by Gasteiger charge is -2.16. The standard InChI is InChI=1S/C17H19ClN2/c1-12(13-5-7-16(18)8-6-13)20-11-15-4-2-3-14-9-10-19-17(14)15/h2-8,12,19-20H,9-11H2,1H3/t12-/m0/s1. The number of nitrogens with one attached hydrogen (secondary N) is 2. The summed E-state index contributed by atoms with van der Waals surface area (Å²) in [6.45, 7) is 4.11. The van der Waals surface area contributed by atoms with Crippen molar-refractivity contribution in [1.29, 1.82) is 0 Å². The van der Waals surface area contributed by atoms with Gasteiger partial charge in [0.25, 0.3) is 0 Å². The second-order valence-electron chi connectivity index (χ2n) is 5.28. The Morgan fingerprint density at radius 3 is 2.80 bits per heavy atom. The van der Waals surface area contributed by atoms with E-state index >= 15 is 0 Å². The number of para-hydroxylation sites is 1. The first-order chi connectivity index (χ1) is 9.74. The molecule has 104 valence electrons. The quantitative estimate of drug-likeness (QED) is 0.882. The highest BCUT2D eigenvalue weighted by atomic mass is 35.5. The number of fused-ring (bicyclic) bond motifs is 1. The Kier molecular flexibility index (Phi) is 3.95. The number of halogens is 1. The highest BCUT2D eigenvalue weighted by Gasteiger charge is 2.14. The fourth-order valence-corrected chi connectivity index (χ4v) is 2.82. The van der Waals surface area contributed by atoms with Gasteiger partial charge in [0, 0.05) is 29.8 Å². The molecule has 0 aromatic heterocycles. The van der Waals surface area contributed by atoms with Crippen LogP contribution in [0.4, 0.5) is 5.69 Å². The molecule has 20 heavy (non-hydrogen) atoms. The van der Waals surface area contributed by atoms with E-state index in [-0.39, 0.29) is 0 Å². The van der Waals surface area contributed by atoms with Gasteiger partial charge in [0.05, 0.1) is 0 Å². The Balaban J connectivity index is 1.68. The topological polar surface area (TPSA) is 24.1 Å². The van der Waals surface area contributed by atoms with Gasteiger partial charge in [-0.25, -0.2) is 0 Å². The largest absolute Gasteiger partial charge is 0.384 e. The highest BCUT2D eigenvalue weighted by molar-refractivity contribution is 6.30. The van der Waals surface area contributed by atoms with Crippen molar-refractivity contribution in [3.63, 3.8) is 0 Å². The molecule has 1 heterocycles. The second kappa shape index (κ2) is 5.86. The third-order valence-corrected chi connectivity index (χ3v) is 4.15. The molecule has 1 aliphatic rings. The molecule has 2 nitrogen and oxygen atoms in total. The monoisotopic (exact) mass is 286 g/mol. The maximum atomic E-state index is 5.92. The van der Waals surface area contributed by atoms with Gasteiger partial charge in [-0.1, -0.05) is 41.9 Å². The van der Waals surface area contributed by atoms with Crippen LogP contribution in [0, 0.1) is 0 Å². The van der Waals surface area contributed by atoms with Gasteiger partial charge in [-0.2, -0.15) is 0 Å². The molecular formula is C17H19ClN2. The average Bonchev–Trinajstić information content (AvgIpc) is 2.94. The predicted molar refractivity (Wildman–Crippen MR) is 85.3 cm³/mol. The van der Waals surface area contributed by atoms with Crippen LogP contribution >= 0.6 is 11.6 Å². The molecule has 2 aromatic rings. The number of anilines is 1. The van der Waals surface area contributed by atoms with E-state index in [0.29, 0.717) is 6.04 Å². The molecule has 0 amide bonds. The first-order valence-corrected chi connectivity index (χ1v) is 7.45. The molecule has 1 aliphatic heterocycles.